The minimum absolute atomic E-state index is 0.00251. The van der Waals surface area contributed by atoms with E-state index in [2.05, 4.69) is 15.9 Å². The molecule has 0 N–H and O–H groups in total. The van der Waals surface area contributed by atoms with Crippen LogP contribution in [-0.2, 0) is 4.79 Å². The molecule has 1 aromatic carbocycles. The molecule has 0 aliphatic rings. The largest absolute Gasteiger partial charge is 0.492 e. The normalized spacial score (nSPS) is 9.94. The van der Waals surface area contributed by atoms with Crippen LogP contribution >= 0.6 is 15.9 Å². The zero-order valence-corrected chi connectivity index (χ0v) is 10.5. The number of carbonyl (C=O) groups is 1. The molecule has 0 saturated heterocycles. The SMILES string of the molecule is CN(CCOc1ccc(F)cc1)C(=O)CBr. The molecule has 1 rings (SSSR count). The Morgan fingerprint density at radius 1 is 1.44 bits per heavy atom. The van der Waals surface area contributed by atoms with Crippen LogP contribution in [0.3, 0.4) is 0 Å². The predicted octanol–water partition coefficient (Wildman–Crippen LogP) is 2.06. The number of likely N-dealkylation sites (N-methyl/N-ethyl adjacent to an activating group) is 1. The van der Waals surface area contributed by atoms with Gasteiger partial charge in [0.2, 0.25) is 5.91 Å². The van der Waals surface area contributed by atoms with Crippen molar-refractivity contribution in [2.75, 3.05) is 25.5 Å². The van der Waals surface area contributed by atoms with Crippen LogP contribution in [-0.4, -0.2) is 36.3 Å². The summed E-state index contributed by atoms with van der Waals surface area (Å²) in [5.41, 5.74) is 0. The number of hydrogen-bond donors (Lipinski definition) is 0. The highest BCUT2D eigenvalue weighted by molar-refractivity contribution is 9.09. The lowest BCUT2D eigenvalue weighted by atomic mass is 10.3. The number of alkyl halides is 1. The fourth-order valence-electron chi connectivity index (χ4n) is 1.06. The molecule has 0 aliphatic heterocycles. The minimum atomic E-state index is -0.293. The summed E-state index contributed by atoms with van der Waals surface area (Å²) in [7, 11) is 1.71. The fourth-order valence-corrected chi connectivity index (χ4v) is 1.49. The van der Waals surface area contributed by atoms with Crippen molar-refractivity contribution in [2.45, 2.75) is 0 Å². The Bertz CT molecular complexity index is 342. The quantitative estimate of drug-likeness (QED) is 0.777. The molecule has 1 aromatic rings. The van der Waals surface area contributed by atoms with Crippen molar-refractivity contribution in [3.63, 3.8) is 0 Å². The van der Waals surface area contributed by atoms with Gasteiger partial charge in [0.15, 0.2) is 0 Å². The van der Waals surface area contributed by atoms with Crippen molar-refractivity contribution in [2.24, 2.45) is 0 Å². The monoisotopic (exact) mass is 289 g/mol. The van der Waals surface area contributed by atoms with Crippen LogP contribution in [0.15, 0.2) is 24.3 Å². The maximum Gasteiger partial charge on any atom is 0.233 e. The number of nitrogens with zero attached hydrogens (tertiary/aromatic N) is 1. The topological polar surface area (TPSA) is 29.5 Å². The van der Waals surface area contributed by atoms with Crippen molar-refractivity contribution < 1.29 is 13.9 Å². The molecular weight excluding hydrogens is 277 g/mol. The van der Waals surface area contributed by atoms with E-state index < -0.39 is 0 Å². The maximum absolute atomic E-state index is 12.6. The van der Waals surface area contributed by atoms with Gasteiger partial charge in [-0.15, -0.1) is 0 Å². The predicted molar refractivity (Wildman–Crippen MR) is 63.3 cm³/mol. The lowest BCUT2D eigenvalue weighted by molar-refractivity contribution is -0.127. The van der Waals surface area contributed by atoms with Crippen molar-refractivity contribution in [1.29, 1.82) is 0 Å². The number of ether oxygens (including phenoxy) is 1. The van der Waals surface area contributed by atoms with E-state index in [-0.39, 0.29) is 11.7 Å². The Balaban J connectivity index is 2.30. The van der Waals surface area contributed by atoms with Crippen molar-refractivity contribution in [1.82, 2.24) is 4.90 Å². The molecule has 0 atom stereocenters. The first-order valence-electron chi connectivity index (χ1n) is 4.82. The zero-order valence-electron chi connectivity index (χ0n) is 8.95. The lowest BCUT2D eigenvalue weighted by Gasteiger charge is -2.16. The van der Waals surface area contributed by atoms with E-state index in [0.717, 1.165) is 0 Å². The van der Waals surface area contributed by atoms with Gasteiger partial charge in [-0.3, -0.25) is 4.79 Å². The van der Waals surface area contributed by atoms with E-state index >= 15 is 0 Å². The Hall–Kier alpha value is -1.10. The summed E-state index contributed by atoms with van der Waals surface area (Å²) in [6, 6.07) is 5.79. The minimum Gasteiger partial charge on any atom is -0.492 e. The van der Waals surface area contributed by atoms with Crippen LogP contribution < -0.4 is 4.74 Å². The van der Waals surface area contributed by atoms with E-state index in [0.29, 0.717) is 24.2 Å². The summed E-state index contributed by atoms with van der Waals surface area (Å²) in [4.78, 5) is 12.7. The average Bonchev–Trinajstić information content (AvgIpc) is 2.30. The van der Waals surface area contributed by atoms with Gasteiger partial charge < -0.3 is 9.64 Å². The van der Waals surface area contributed by atoms with Crippen molar-refractivity contribution >= 4 is 21.8 Å². The molecule has 88 valence electrons. The summed E-state index contributed by atoms with van der Waals surface area (Å²) in [6.45, 7) is 0.892. The fraction of sp³-hybridized carbons (Fsp3) is 0.364. The smallest absolute Gasteiger partial charge is 0.233 e. The molecule has 1 amide bonds. The summed E-state index contributed by atoms with van der Waals surface area (Å²) in [5.74, 6) is 0.308. The highest BCUT2D eigenvalue weighted by Gasteiger charge is 2.05. The van der Waals surface area contributed by atoms with Crippen LogP contribution in [0, 0.1) is 5.82 Å². The van der Waals surface area contributed by atoms with Crippen LogP contribution in [0.5, 0.6) is 5.75 Å². The number of hydrogen-bond acceptors (Lipinski definition) is 2. The third-order valence-corrected chi connectivity index (χ3v) is 2.53. The molecule has 0 aliphatic carbocycles. The molecular formula is C11H13BrFNO2. The number of halogens is 2. The first-order valence-corrected chi connectivity index (χ1v) is 5.94. The second-order valence-electron chi connectivity index (χ2n) is 3.25. The molecule has 0 saturated carbocycles. The number of rotatable bonds is 5. The number of benzene rings is 1. The molecule has 16 heavy (non-hydrogen) atoms. The molecule has 0 radical (unpaired) electrons. The zero-order chi connectivity index (χ0) is 12.0. The molecule has 5 heteroatoms. The number of amides is 1. The molecule has 0 heterocycles. The van der Waals surface area contributed by atoms with E-state index in [1.807, 2.05) is 0 Å². The van der Waals surface area contributed by atoms with Gasteiger partial charge in [-0.1, -0.05) is 15.9 Å². The van der Waals surface area contributed by atoms with E-state index in [9.17, 15) is 9.18 Å². The van der Waals surface area contributed by atoms with E-state index in [4.69, 9.17) is 4.74 Å². The standard InChI is InChI=1S/C11H13BrFNO2/c1-14(11(15)8-12)6-7-16-10-4-2-9(13)3-5-10/h2-5H,6-8H2,1H3. The van der Waals surface area contributed by atoms with Gasteiger partial charge in [0, 0.05) is 7.05 Å². The third-order valence-electron chi connectivity index (χ3n) is 2.05. The van der Waals surface area contributed by atoms with E-state index in [1.54, 1.807) is 24.1 Å². The molecule has 0 unspecified atom stereocenters. The number of carbonyl (C=O) groups excluding carboxylic acids is 1. The molecule has 0 aromatic heterocycles. The lowest BCUT2D eigenvalue weighted by Crippen LogP contribution is -2.31. The van der Waals surface area contributed by atoms with Gasteiger partial charge in [0.05, 0.1) is 11.9 Å². The van der Waals surface area contributed by atoms with Gasteiger partial charge in [0.1, 0.15) is 18.2 Å². The Morgan fingerprint density at radius 2 is 2.06 bits per heavy atom. The highest BCUT2D eigenvalue weighted by atomic mass is 79.9. The Morgan fingerprint density at radius 3 is 2.62 bits per heavy atom. The average molecular weight is 290 g/mol. The second-order valence-corrected chi connectivity index (χ2v) is 3.81. The second kappa shape index (κ2) is 6.48. The maximum atomic E-state index is 12.6. The summed E-state index contributed by atoms with van der Waals surface area (Å²) < 4.78 is 17.9. The molecule has 0 spiro atoms. The van der Waals surface area contributed by atoms with Gasteiger partial charge >= 0.3 is 0 Å². The van der Waals surface area contributed by atoms with Crippen molar-refractivity contribution in [3.8, 4) is 5.75 Å². The Kier molecular flexibility index (Phi) is 5.25. The molecule has 0 fully saturated rings. The van der Waals surface area contributed by atoms with Gasteiger partial charge in [0.25, 0.3) is 0 Å². The first-order chi connectivity index (χ1) is 7.63. The first kappa shape index (κ1) is 13.0. The summed E-state index contributed by atoms with van der Waals surface area (Å²) >= 11 is 3.09. The van der Waals surface area contributed by atoms with Crippen LogP contribution in [0.4, 0.5) is 4.39 Å². The van der Waals surface area contributed by atoms with Crippen LogP contribution in [0.2, 0.25) is 0 Å². The van der Waals surface area contributed by atoms with Gasteiger partial charge in [-0.05, 0) is 24.3 Å². The van der Waals surface area contributed by atoms with Gasteiger partial charge in [-0.25, -0.2) is 4.39 Å². The molecule has 0 bridgehead atoms. The van der Waals surface area contributed by atoms with E-state index in [1.165, 1.54) is 12.1 Å². The van der Waals surface area contributed by atoms with Crippen molar-refractivity contribution in [3.05, 3.63) is 30.1 Å². The Labute approximate surface area is 102 Å². The van der Waals surface area contributed by atoms with Crippen LogP contribution in [0.25, 0.3) is 0 Å². The summed E-state index contributed by atoms with van der Waals surface area (Å²) in [5, 5.41) is 0.306. The molecule has 3 nitrogen and oxygen atoms in total. The summed E-state index contributed by atoms with van der Waals surface area (Å²) in [6.07, 6.45) is 0. The third kappa shape index (κ3) is 4.18. The van der Waals surface area contributed by atoms with Gasteiger partial charge in [-0.2, -0.15) is 0 Å². The van der Waals surface area contributed by atoms with Crippen LogP contribution in [0.1, 0.15) is 0 Å². The highest BCUT2D eigenvalue weighted by Crippen LogP contribution is 2.10.